The first-order valence-corrected chi connectivity index (χ1v) is 4.66. The summed E-state index contributed by atoms with van der Waals surface area (Å²) in [6.45, 7) is 9.09. The number of likely N-dealkylation sites (N-methyl/N-ethyl adjacent to an activating group) is 1. The molecule has 0 aliphatic heterocycles. The highest BCUT2D eigenvalue weighted by atomic mass is 16.2. The maximum absolute atomic E-state index is 11.4. The van der Waals surface area contributed by atoms with Gasteiger partial charge in [0.15, 0.2) is 0 Å². The van der Waals surface area contributed by atoms with Gasteiger partial charge in [-0.05, 0) is 0 Å². The van der Waals surface area contributed by atoms with Gasteiger partial charge < -0.3 is 10.2 Å². The van der Waals surface area contributed by atoms with Crippen LogP contribution in [0.15, 0.2) is 12.7 Å². The molecule has 0 saturated heterocycles. The van der Waals surface area contributed by atoms with Crippen LogP contribution in [0.2, 0.25) is 0 Å². The van der Waals surface area contributed by atoms with Crippen LogP contribution in [0.3, 0.4) is 0 Å². The van der Waals surface area contributed by atoms with Crippen molar-refractivity contribution in [2.24, 2.45) is 0 Å². The Hall–Kier alpha value is -0.830. The van der Waals surface area contributed by atoms with Crippen LogP contribution < -0.4 is 5.32 Å². The zero-order valence-electron chi connectivity index (χ0n) is 8.84. The minimum atomic E-state index is 0.160. The predicted octanol–water partition coefficient (Wildman–Crippen LogP) is 1.02. The average molecular weight is 184 g/mol. The molecule has 76 valence electrons. The molecule has 0 atom stereocenters. The molecule has 1 amide bonds. The second-order valence-electron chi connectivity index (χ2n) is 3.42. The number of carbonyl (C=O) groups is 1. The van der Waals surface area contributed by atoms with Gasteiger partial charge in [-0.1, -0.05) is 19.9 Å². The van der Waals surface area contributed by atoms with Crippen LogP contribution in [-0.2, 0) is 4.79 Å². The highest BCUT2D eigenvalue weighted by Gasteiger charge is 2.05. The minimum absolute atomic E-state index is 0.160. The zero-order chi connectivity index (χ0) is 10.3. The molecule has 3 nitrogen and oxygen atoms in total. The third kappa shape index (κ3) is 6.34. The number of hydrogen-bond donors (Lipinski definition) is 1. The van der Waals surface area contributed by atoms with E-state index in [-0.39, 0.29) is 5.91 Å². The molecular weight excluding hydrogens is 164 g/mol. The summed E-state index contributed by atoms with van der Waals surface area (Å²) in [5.74, 6) is 0.160. The van der Waals surface area contributed by atoms with Gasteiger partial charge in [0.2, 0.25) is 5.91 Å². The van der Waals surface area contributed by atoms with Crippen molar-refractivity contribution in [1.29, 1.82) is 0 Å². The van der Waals surface area contributed by atoms with Gasteiger partial charge in [0, 0.05) is 32.6 Å². The summed E-state index contributed by atoms with van der Waals surface area (Å²) < 4.78 is 0. The van der Waals surface area contributed by atoms with Crippen molar-refractivity contribution in [3.63, 3.8) is 0 Å². The van der Waals surface area contributed by atoms with Crippen LogP contribution in [0.1, 0.15) is 20.3 Å². The van der Waals surface area contributed by atoms with E-state index >= 15 is 0 Å². The third-order valence-electron chi connectivity index (χ3n) is 1.72. The minimum Gasteiger partial charge on any atom is -0.342 e. The fourth-order valence-electron chi connectivity index (χ4n) is 0.954. The summed E-state index contributed by atoms with van der Waals surface area (Å²) in [7, 11) is 1.79. The van der Waals surface area contributed by atoms with Crippen molar-refractivity contribution in [3.8, 4) is 0 Å². The van der Waals surface area contributed by atoms with E-state index in [1.807, 2.05) is 0 Å². The maximum atomic E-state index is 11.4. The Morgan fingerprint density at radius 2 is 2.23 bits per heavy atom. The lowest BCUT2D eigenvalue weighted by Gasteiger charge is -2.15. The molecule has 0 aromatic heterocycles. The number of carbonyl (C=O) groups excluding carboxylic acids is 1. The molecule has 13 heavy (non-hydrogen) atoms. The number of nitrogens with zero attached hydrogens (tertiary/aromatic N) is 1. The van der Waals surface area contributed by atoms with Crippen LogP contribution in [-0.4, -0.2) is 37.0 Å². The summed E-state index contributed by atoms with van der Waals surface area (Å²) in [6, 6.07) is 0.442. The molecule has 0 aliphatic rings. The first kappa shape index (κ1) is 12.2. The Kier molecular flexibility index (Phi) is 6.24. The van der Waals surface area contributed by atoms with Crippen molar-refractivity contribution in [2.45, 2.75) is 26.3 Å². The Morgan fingerprint density at radius 1 is 1.62 bits per heavy atom. The van der Waals surface area contributed by atoms with Crippen molar-refractivity contribution in [1.82, 2.24) is 10.2 Å². The molecule has 0 fully saturated rings. The standard InChI is InChI=1S/C10H20N2O/c1-5-8-12(4)10(13)6-7-11-9(2)3/h5,9,11H,1,6-8H2,2-4H3. The van der Waals surface area contributed by atoms with Gasteiger partial charge in [-0.3, -0.25) is 4.79 Å². The molecule has 0 spiro atoms. The molecule has 0 aromatic rings. The third-order valence-corrected chi connectivity index (χ3v) is 1.72. The first-order valence-electron chi connectivity index (χ1n) is 4.66. The van der Waals surface area contributed by atoms with Crippen molar-refractivity contribution < 1.29 is 4.79 Å². The van der Waals surface area contributed by atoms with E-state index in [9.17, 15) is 4.79 Å². The molecule has 3 heteroatoms. The Labute approximate surface area is 80.8 Å². The van der Waals surface area contributed by atoms with E-state index in [0.717, 1.165) is 6.54 Å². The summed E-state index contributed by atoms with van der Waals surface area (Å²) in [4.78, 5) is 13.0. The topological polar surface area (TPSA) is 32.3 Å². The molecule has 0 bridgehead atoms. The summed E-state index contributed by atoms with van der Waals surface area (Å²) >= 11 is 0. The number of hydrogen-bond acceptors (Lipinski definition) is 2. The molecule has 0 saturated carbocycles. The van der Waals surface area contributed by atoms with Gasteiger partial charge in [0.05, 0.1) is 0 Å². The molecule has 0 unspecified atom stereocenters. The molecule has 0 radical (unpaired) electrons. The first-order chi connectivity index (χ1) is 6.07. The van der Waals surface area contributed by atoms with E-state index in [1.54, 1.807) is 18.0 Å². The van der Waals surface area contributed by atoms with E-state index in [1.165, 1.54) is 0 Å². The summed E-state index contributed by atoms with van der Waals surface area (Å²) in [5.41, 5.74) is 0. The Bertz CT molecular complexity index is 166. The number of amides is 1. The van der Waals surface area contributed by atoms with Crippen molar-refractivity contribution in [2.75, 3.05) is 20.1 Å². The SMILES string of the molecule is C=CCN(C)C(=O)CCNC(C)C. The lowest BCUT2D eigenvalue weighted by Crippen LogP contribution is -2.32. The van der Waals surface area contributed by atoms with Gasteiger partial charge in [0.1, 0.15) is 0 Å². The molecular formula is C10H20N2O. The van der Waals surface area contributed by atoms with Crippen LogP contribution in [0.5, 0.6) is 0 Å². The summed E-state index contributed by atoms with van der Waals surface area (Å²) in [5, 5.41) is 3.20. The Balaban J connectivity index is 3.55. The van der Waals surface area contributed by atoms with Crippen LogP contribution >= 0.6 is 0 Å². The van der Waals surface area contributed by atoms with Gasteiger partial charge in [-0.25, -0.2) is 0 Å². The molecule has 1 N–H and O–H groups in total. The lowest BCUT2D eigenvalue weighted by molar-refractivity contribution is -0.129. The highest BCUT2D eigenvalue weighted by molar-refractivity contribution is 5.76. The monoisotopic (exact) mass is 184 g/mol. The van der Waals surface area contributed by atoms with E-state index < -0.39 is 0 Å². The maximum Gasteiger partial charge on any atom is 0.223 e. The van der Waals surface area contributed by atoms with Gasteiger partial charge >= 0.3 is 0 Å². The van der Waals surface area contributed by atoms with E-state index in [4.69, 9.17) is 0 Å². The Morgan fingerprint density at radius 3 is 2.69 bits per heavy atom. The van der Waals surface area contributed by atoms with Gasteiger partial charge in [-0.2, -0.15) is 0 Å². The van der Waals surface area contributed by atoms with Crippen LogP contribution in [0.25, 0.3) is 0 Å². The molecule has 0 aromatic carbocycles. The van der Waals surface area contributed by atoms with Crippen molar-refractivity contribution >= 4 is 5.91 Å². The van der Waals surface area contributed by atoms with Crippen LogP contribution in [0, 0.1) is 0 Å². The van der Waals surface area contributed by atoms with Gasteiger partial charge in [-0.15, -0.1) is 6.58 Å². The second kappa shape index (κ2) is 6.66. The largest absolute Gasteiger partial charge is 0.342 e. The summed E-state index contributed by atoms with van der Waals surface area (Å²) in [6.07, 6.45) is 2.29. The quantitative estimate of drug-likeness (QED) is 0.625. The number of nitrogens with one attached hydrogen (secondary N) is 1. The number of rotatable bonds is 6. The lowest BCUT2D eigenvalue weighted by atomic mass is 10.3. The second-order valence-corrected chi connectivity index (χ2v) is 3.42. The molecule has 0 rings (SSSR count). The van der Waals surface area contributed by atoms with Crippen molar-refractivity contribution in [3.05, 3.63) is 12.7 Å². The fourth-order valence-corrected chi connectivity index (χ4v) is 0.954. The molecule has 0 heterocycles. The molecule has 0 aliphatic carbocycles. The van der Waals surface area contributed by atoms with Gasteiger partial charge in [0.25, 0.3) is 0 Å². The van der Waals surface area contributed by atoms with Crippen LogP contribution in [0.4, 0.5) is 0 Å². The average Bonchev–Trinajstić information content (AvgIpc) is 2.04. The van der Waals surface area contributed by atoms with E-state index in [2.05, 4.69) is 25.7 Å². The van der Waals surface area contributed by atoms with E-state index in [0.29, 0.717) is 19.0 Å². The highest BCUT2D eigenvalue weighted by Crippen LogP contribution is 1.90. The zero-order valence-corrected chi connectivity index (χ0v) is 8.84. The smallest absolute Gasteiger partial charge is 0.223 e. The normalized spacial score (nSPS) is 10.2. The fraction of sp³-hybridized carbons (Fsp3) is 0.700. The predicted molar refractivity (Wildman–Crippen MR) is 55.6 cm³/mol.